The fourth-order valence-electron chi connectivity index (χ4n) is 4.70. The van der Waals surface area contributed by atoms with Gasteiger partial charge in [-0.25, -0.2) is 14.8 Å². The van der Waals surface area contributed by atoms with Crippen molar-refractivity contribution in [2.45, 2.75) is 50.4 Å². The zero-order valence-electron chi connectivity index (χ0n) is 20.0. The van der Waals surface area contributed by atoms with E-state index in [1.165, 1.54) is 10.9 Å². The van der Waals surface area contributed by atoms with Crippen LogP contribution in [0.2, 0.25) is 0 Å². The third-order valence-corrected chi connectivity index (χ3v) is 7.25. The Bertz CT molecular complexity index is 1510. The van der Waals surface area contributed by atoms with Crippen LogP contribution in [0.4, 0.5) is 23.8 Å². The Hall–Kier alpha value is -3.93. The first-order valence-electron chi connectivity index (χ1n) is 11.8. The molecule has 0 bridgehead atoms. The van der Waals surface area contributed by atoms with Gasteiger partial charge in [-0.3, -0.25) is 14.8 Å². The molecule has 1 aromatic carbocycles. The molecule has 1 aliphatic heterocycles. The highest BCUT2D eigenvalue weighted by Gasteiger charge is 2.66. The molecule has 0 saturated heterocycles. The molecule has 3 aromatic heterocycles. The van der Waals surface area contributed by atoms with E-state index in [1.807, 2.05) is 0 Å². The molecule has 37 heavy (non-hydrogen) atoms. The van der Waals surface area contributed by atoms with Crippen LogP contribution in [0, 0.1) is 0 Å². The van der Waals surface area contributed by atoms with Crippen LogP contribution in [0.25, 0.3) is 10.9 Å². The minimum Gasteiger partial charge on any atom is -0.439 e. The molecule has 1 unspecified atom stereocenters. The second-order valence-electron chi connectivity index (χ2n) is 9.67. The van der Waals surface area contributed by atoms with Gasteiger partial charge in [0, 0.05) is 35.8 Å². The van der Waals surface area contributed by atoms with Crippen molar-refractivity contribution in [3.05, 3.63) is 59.9 Å². The number of benzene rings is 1. The Morgan fingerprint density at radius 1 is 1.22 bits per heavy atom. The number of nitrogens with one attached hydrogen (secondary N) is 1. The van der Waals surface area contributed by atoms with Crippen LogP contribution in [-0.4, -0.2) is 49.9 Å². The number of carbonyl (C=O) groups is 1. The maximum Gasteiger partial charge on any atom is 0.401 e. The van der Waals surface area contributed by atoms with E-state index >= 15 is 0 Å². The van der Waals surface area contributed by atoms with E-state index in [0.29, 0.717) is 23.2 Å². The van der Waals surface area contributed by atoms with E-state index in [9.17, 15) is 18.0 Å². The van der Waals surface area contributed by atoms with Crippen molar-refractivity contribution in [1.29, 1.82) is 0 Å². The summed E-state index contributed by atoms with van der Waals surface area (Å²) < 4.78 is 52.4. The van der Waals surface area contributed by atoms with Gasteiger partial charge >= 0.3 is 12.2 Å². The van der Waals surface area contributed by atoms with Gasteiger partial charge in [0.05, 0.1) is 11.2 Å². The van der Waals surface area contributed by atoms with Gasteiger partial charge in [0.1, 0.15) is 17.5 Å². The second kappa shape index (κ2) is 8.30. The number of fused-ring (bicyclic) bond motifs is 2. The lowest BCUT2D eigenvalue weighted by Gasteiger charge is -2.31. The summed E-state index contributed by atoms with van der Waals surface area (Å²) in [5.74, 6) is 0.699. The maximum atomic E-state index is 13.3. The molecule has 1 aliphatic carbocycles. The third-order valence-electron chi connectivity index (χ3n) is 7.25. The van der Waals surface area contributed by atoms with Crippen LogP contribution in [-0.2, 0) is 18.4 Å². The summed E-state index contributed by atoms with van der Waals surface area (Å²) in [5.41, 5.74) is 0.502. The summed E-state index contributed by atoms with van der Waals surface area (Å²) in [5, 5.41) is 6.86. The standard InChI is InChI=1S/C25H23F3N6O3/c1-14-9-17-18(12-33(14)2)29-13-30-22(17)36-16-3-4-19-15(10-16)5-8-34(19)23(35)31-21-11-20(37-32-21)24(6-7-24)25(26,27)28/h3-5,8,10-11,13-14H,6-7,9,12H2,1-2H3,(H,31,32,35). The van der Waals surface area contributed by atoms with Crippen LogP contribution in [0.15, 0.2) is 47.4 Å². The number of likely N-dealkylation sites (N-methyl/N-ethyl adjacent to an activating group) is 1. The van der Waals surface area contributed by atoms with Crippen molar-refractivity contribution >= 4 is 22.8 Å². The molecule has 4 aromatic rings. The first kappa shape index (κ1) is 23.5. The molecule has 12 heteroatoms. The molecule has 1 amide bonds. The van der Waals surface area contributed by atoms with Gasteiger partial charge in [0.25, 0.3) is 0 Å². The molecule has 1 atom stereocenters. The SMILES string of the molecule is CC1Cc2c(ncnc2Oc2ccc3c(ccn3C(=O)Nc3cc(C4(C(F)(F)F)CC4)on3)c2)CN1C. The monoisotopic (exact) mass is 512 g/mol. The van der Waals surface area contributed by atoms with E-state index in [4.69, 9.17) is 9.26 Å². The minimum atomic E-state index is -4.43. The van der Waals surface area contributed by atoms with Gasteiger partial charge < -0.3 is 9.26 Å². The summed E-state index contributed by atoms with van der Waals surface area (Å²) in [6.07, 6.45) is -0.711. The lowest BCUT2D eigenvalue weighted by Crippen LogP contribution is -2.35. The lowest BCUT2D eigenvalue weighted by molar-refractivity contribution is -0.165. The number of rotatable bonds is 4. The summed E-state index contributed by atoms with van der Waals surface area (Å²) >= 11 is 0. The fraction of sp³-hybridized carbons (Fsp3) is 0.360. The van der Waals surface area contributed by atoms with Gasteiger partial charge in [-0.15, -0.1) is 0 Å². The number of amides is 1. The Labute approximate surface area is 209 Å². The average Bonchev–Trinajstić information content (AvgIpc) is 3.37. The maximum absolute atomic E-state index is 13.3. The molecule has 1 saturated carbocycles. The number of halogens is 3. The summed E-state index contributed by atoms with van der Waals surface area (Å²) in [7, 11) is 2.05. The zero-order valence-corrected chi connectivity index (χ0v) is 20.0. The predicted octanol–water partition coefficient (Wildman–Crippen LogP) is 5.26. The van der Waals surface area contributed by atoms with E-state index < -0.39 is 17.6 Å². The molecular formula is C25H23F3N6O3. The van der Waals surface area contributed by atoms with E-state index in [1.54, 1.807) is 30.5 Å². The van der Waals surface area contributed by atoms with Gasteiger partial charge in [-0.05, 0) is 57.5 Å². The van der Waals surface area contributed by atoms with Crippen molar-refractivity contribution in [3.63, 3.8) is 0 Å². The summed E-state index contributed by atoms with van der Waals surface area (Å²) in [6.45, 7) is 2.86. The fourth-order valence-corrected chi connectivity index (χ4v) is 4.70. The Balaban J connectivity index is 1.20. The number of hydrogen-bond acceptors (Lipinski definition) is 7. The van der Waals surface area contributed by atoms with Gasteiger partial charge in [0.2, 0.25) is 5.88 Å². The van der Waals surface area contributed by atoms with E-state index in [2.05, 4.69) is 39.3 Å². The van der Waals surface area contributed by atoms with Crippen molar-refractivity contribution in [1.82, 2.24) is 24.6 Å². The zero-order chi connectivity index (χ0) is 25.9. The Morgan fingerprint density at radius 2 is 2.03 bits per heavy atom. The number of carbonyl (C=O) groups excluding carboxylic acids is 1. The molecular weight excluding hydrogens is 489 g/mol. The highest BCUT2D eigenvalue weighted by molar-refractivity contribution is 5.98. The van der Waals surface area contributed by atoms with Gasteiger partial charge in [-0.1, -0.05) is 5.16 Å². The van der Waals surface area contributed by atoms with E-state index in [-0.39, 0.29) is 24.4 Å². The van der Waals surface area contributed by atoms with Crippen molar-refractivity contribution in [3.8, 4) is 11.6 Å². The van der Waals surface area contributed by atoms with Gasteiger partial charge in [0.15, 0.2) is 11.6 Å². The highest BCUT2D eigenvalue weighted by atomic mass is 19.4. The number of anilines is 1. The predicted molar refractivity (Wildman–Crippen MR) is 127 cm³/mol. The minimum absolute atomic E-state index is 0.0559. The first-order valence-corrected chi connectivity index (χ1v) is 11.8. The molecule has 192 valence electrons. The molecule has 9 nitrogen and oxygen atoms in total. The number of aromatic nitrogens is 4. The van der Waals surface area contributed by atoms with Crippen molar-refractivity contribution in [2.75, 3.05) is 12.4 Å². The molecule has 0 spiro atoms. The largest absolute Gasteiger partial charge is 0.439 e. The van der Waals surface area contributed by atoms with Gasteiger partial charge in [-0.2, -0.15) is 13.2 Å². The van der Waals surface area contributed by atoms with Crippen molar-refractivity contribution in [2.24, 2.45) is 0 Å². The normalized spacial score (nSPS) is 19.0. The van der Waals surface area contributed by atoms with Crippen LogP contribution in [0.5, 0.6) is 11.6 Å². The highest BCUT2D eigenvalue weighted by Crippen LogP contribution is 2.59. The molecule has 6 rings (SSSR count). The first-order chi connectivity index (χ1) is 17.6. The molecule has 2 aliphatic rings. The molecule has 0 radical (unpaired) electrons. The number of nitrogens with zero attached hydrogens (tertiary/aromatic N) is 5. The molecule has 1 N–H and O–H groups in total. The third kappa shape index (κ3) is 4.01. The average molecular weight is 512 g/mol. The lowest BCUT2D eigenvalue weighted by atomic mass is 10.0. The van der Waals surface area contributed by atoms with Crippen LogP contribution >= 0.6 is 0 Å². The van der Waals surface area contributed by atoms with Crippen molar-refractivity contribution < 1.29 is 27.2 Å². The number of alkyl halides is 3. The Morgan fingerprint density at radius 3 is 2.78 bits per heavy atom. The quantitative estimate of drug-likeness (QED) is 0.398. The summed E-state index contributed by atoms with van der Waals surface area (Å²) in [4.78, 5) is 23.8. The van der Waals surface area contributed by atoms with Crippen LogP contribution in [0.3, 0.4) is 0 Å². The topological polar surface area (TPSA) is 98.3 Å². The van der Waals surface area contributed by atoms with Crippen LogP contribution in [0.1, 0.15) is 36.8 Å². The van der Waals surface area contributed by atoms with Crippen LogP contribution < -0.4 is 10.1 Å². The summed E-state index contributed by atoms with van der Waals surface area (Å²) in [6, 6.07) is 7.88. The smallest absolute Gasteiger partial charge is 0.401 e. The Kier molecular flexibility index (Phi) is 5.26. The molecule has 1 fully saturated rings. The number of hydrogen-bond donors (Lipinski definition) is 1. The van der Waals surface area contributed by atoms with E-state index in [0.717, 1.165) is 35.7 Å². The molecule has 4 heterocycles. The number of ether oxygens (including phenoxy) is 1. The second-order valence-corrected chi connectivity index (χ2v) is 9.67.